The summed E-state index contributed by atoms with van der Waals surface area (Å²) in [6, 6.07) is 9.25. The molecule has 0 aliphatic carbocycles. The Morgan fingerprint density at radius 2 is 1.96 bits per heavy atom. The molecule has 0 radical (unpaired) electrons. The first-order valence-corrected chi connectivity index (χ1v) is 8.06. The fourth-order valence-corrected chi connectivity index (χ4v) is 1.93. The van der Waals surface area contributed by atoms with E-state index in [9.17, 15) is 19.7 Å². The number of halogens is 1. The van der Waals surface area contributed by atoms with E-state index in [1.165, 1.54) is 12.1 Å². The summed E-state index contributed by atoms with van der Waals surface area (Å²) in [5, 5.41) is 13.6. The van der Waals surface area contributed by atoms with Crippen molar-refractivity contribution < 1.29 is 28.4 Å². The summed E-state index contributed by atoms with van der Waals surface area (Å²) in [7, 11) is 0. The largest absolute Gasteiger partial charge is 0.492 e. The Bertz CT molecular complexity index is 830. The quantitative estimate of drug-likeness (QED) is 0.228. The third-order valence-corrected chi connectivity index (χ3v) is 3.28. The molecule has 0 unspecified atom stereocenters. The predicted octanol–water partition coefficient (Wildman–Crippen LogP) is 2.59. The lowest BCUT2D eigenvalue weighted by Crippen LogP contribution is -2.31. The first-order chi connectivity index (χ1) is 12.9. The number of esters is 1. The van der Waals surface area contributed by atoms with Crippen molar-refractivity contribution in [1.29, 1.82) is 0 Å². The Morgan fingerprint density at radius 1 is 1.22 bits per heavy atom. The van der Waals surface area contributed by atoms with Gasteiger partial charge in [0.2, 0.25) is 0 Å². The summed E-state index contributed by atoms with van der Waals surface area (Å²) in [6.07, 6.45) is 2.20. The van der Waals surface area contributed by atoms with Crippen LogP contribution in [0.5, 0.6) is 5.75 Å². The molecule has 2 rings (SSSR count). The van der Waals surface area contributed by atoms with Crippen molar-refractivity contribution in [3.63, 3.8) is 0 Å². The SMILES string of the molecule is O=C(COC(=O)/C=C/c1ccc([N+](=O)[O-])o1)NCCOc1ccc(Cl)cc1. The Morgan fingerprint density at radius 3 is 2.63 bits per heavy atom. The average Bonchev–Trinajstić information content (AvgIpc) is 3.13. The molecule has 1 N–H and O–H groups in total. The van der Waals surface area contributed by atoms with E-state index in [4.69, 9.17) is 25.5 Å². The van der Waals surface area contributed by atoms with Crippen LogP contribution in [-0.2, 0) is 14.3 Å². The van der Waals surface area contributed by atoms with Crippen LogP contribution in [-0.4, -0.2) is 36.6 Å². The fourth-order valence-electron chi connectivity index (χ4n) is 1.81. The minimum atomic E-state index is -0.790. The van der Waals surface area contributed by atoms with Gasteiger partial charge in [-0.3, -0.25) is 14.9 Å². The summed E-state index contributed by atoms with van der Waals surface area (Å²) >= 11 is 5.75. The smallest absolute Gasteiger partial charge is 0.433 e. The van der Waals surface area contributed by atoms with E-state index in [-0.39, 0.29) is 18.9 Å². The molecule has 142 valence electrons. The van der Waals surface area contributed by atoms with Crippen LogP contribution in [0.2, 0.25) is 5.02 Å². The van der Waals surface area contributed by atoms with Crippen molar-refractivity contribution in [3.05, 3.63) is 63.4 Å². The summed E-state index contributed by atoms with van der Waals surface area (Å²) < 4.78 is 15.0. The van der Waals surface area contributed by atoms with Crippen LogP contribution in [0.4, 0.5) is 5.88 Å². The summed E-state index contributed by atoms with van der Waals surface area (Å²) in [5.74, 6) is -0.999. The van der Waals surface area contributed by atoms with E-state index in [1.807, 2.05) is 0 Å². The lowest BCUT2D eigenvalue weighted by molar-refractivity contribution is -0.402. The standard InChI is InChI=1S/C17H15ClN2O7/c18-12-1-3-13(4-2-12)25-10-9-19-15(21)11-26-17(22)8-6-14-5-7-16(27-14)20(23)24/h1-8H,9-11H2,(H,19,21)/b8-6+. The maximum atomic E-state index is 11.6. The molecule has 0 saturated carbocycles. The van der Waals surface area contributed by atoms with Gasteiger partial charge in [-0.15, -0.1) is 0 Å². The number of rotatable bonds is 9. The van der Waals surface area contributed by atoms with E-state index in [2.05, 4.69) is 5.32 Å². The van der Waals surface area contributed by atoms with Gasteiger partial charge in [0.25, 0.3) is 5.91 Å². The third kappa shape index (κ3) is 7.20. The van der Waals surface area contributed by atoms with Gasteiger partial charge in [-0.05, 0) is 36.4 Å². The number of furan rings is 1. The second-order valence-corrected chi connectivity index (χ2v) is 5.46. The van der Waals surface area contributed by atoms with E-state index < -0.39 is 29.3 Å². The van der Waals surface area contributed by atoms with Crippen molar-refractivity contribution >= 4 is 35.4 Å². The lowest BCUT2D eigenvalue weighted by Gasteiger charge is -2.07. The molecule has 27 heavy (non-hydrogen) atoms. The summed E-state index contributed by atoms with van der Waals surface area (Å²) in [5.41, 5.74) is 0. The van der Waals surface area contributed by atoms with Gasteiger partial charge in [0, 0.05) is 11.1 Å². The normalized spacial score (nSPS) is 10.6. The van der Waals surface area contributed by atoms with Crippen LogP contribution in [0.25, 0.3) is 6.08 Å². The van der Waals surface area contributed by atoms with Crippen molar-refractivity contribution in [1.82, 2.24) is 5.32 Å². The van der Waals surface area contributed by atoms with Crippen molar-refractivity contribution in [2.45, 2.75) is 0 Å². The van der Waals surface area contributed by atoms with E-state index >= 15 is 0 Å². The number of hydrogen-bond acceptors (Lipinski definition) is 7. The molecule has 0 bridgehead atoms. The van der Waals surface area contributed by atoms with Crippen molar-refractivity contribution in [2.75, 3.05) is 19.8 Å². The topological polar surface area (TPSA) is 121 Å². The van der Waals surface area contributed by atoms with Crippen molar-refractivity contribution in [3.8, 4) is 5.75 Å². The fraction of sp³-hybridized carbons (Fsp3) is 0.176. The highest BCUT2D eigenvalue weighted by molar-refractivity contribution is 6.30. The van der Waals surface area contributed by atoms with Crippen molar-refractivity contribution in [2.24, 2.45) is 0 Å². The van der Waals surface area contributed by atoms with Crippen LogP contribution >= 0.6 is 11.6 Å². The number of nitrogens with zero attached hydrogens (tertiary/aromatic N) is 1. The molecular formula is C17H15ClN2O7. The predicted molar refractivity (Wildman–Crippen MR) is 95.3 cm³/mol. The number of ether oxygens (including phenoxy) is 2. The van der Waals surface area contributed by atoms with Crippen LogP contribution in [0, 0.1) is 10.1 Å². The first kappa shape index (κ1) is 20.0. The molecule has 1 aromatic heterocycles. The number of nitrogens with one attached hydrogen (secondary N) is 1. The molecule has 0 spiro atoms. The molecule has 1 heterocycles. The minimum Gasteiger partial charge on any atom is -0.492 e. The molecule has 0 atom stereocenters. The third-order valence-electron chi connectivity index (χ3n) is 3.03. The number of carbonyl (C=O) groups excluding carboxylic acids is 2. The molecule has 0 aliphatic heterocycles. The van der Waals surface area contributed by atoms with Crippen LogP contribution in [0.1, 0.15) is 5.76 Å². The molecule has 1 aromatic carbocycles. The maximum absolute atomic E-state index is 11.6. The molecule has 0 aliphatic rings. The van der Waals surface area contributed by atoms with Gasteiger partial charge in [0.05, 0.1) is 12.6 Å². The zero-order chi connectivity index (χ0) is 19.6. The van der Waals surface area contributed by atoms with E-state index in [0.29, 0.717) is 10.8 Å². The van der Waals surface area contributed by atoms with E-state index in [1.54, 1.807) is 24.3 Å². The average molecular weight is 395 g/mol. The van der Waals surface area contributed by atoms with Gasteiger partial charge in [0.1, 0.15) is 23.0 Å². The van der Waals surface area contributed by atoms with Crippen LogP contribution in [0.15, 0.2) is 46.9 Å². The summed E-state index contributed by atoms with van der Waals surface area (Å²) in [4.78, 5) is 32.9. The van der Waals surface area contributed by atoms with Gasteiger partial charge < -0.3 is 19.2 Å². The molecule has 9 nitrogen and oxygen atoms in total. The number of amides is 1. The summed E-state index contributed by atoms with van der Waals surface area (Å²) in [6.45, 7) is -0.00811. The second-order valence-electron chi connectivity index (χ2n) is 5.03. The Labute approximate surface area is 158 Å². The monoisotopic (exact) mass is 394 g/mol. The molecule has 2 aromatic rings. The molecule has 0 fully saturated rings. The van der Waals surface area contributed by atoms with Crippen LogP contribution in [0.3, 0.4) is 0 Å². The van der Waals surface area contributed by atoms with Gasteiger partial charge in [-0.2, -0.15) is 0 Å². The zero-order valence-electron chi connectivity index (χ0n) is 13.9. The minimum absolute atomic E-state index is 0.113. The molecule has 1 amide bonds. The molecule has 10 heteroatoms. The highest BCUT2D eigenvalue weighted by Crippen LogP contribution is 2.16. The number of benzene rings is 1. The number of nitro groups is 1. The zero-order valence-corrected chi connectivity index (χ0v) is 14.7. The molecular weight excluding hydrogens is 380 g/mol. The van der Waals surface area contributed by atoms with Crippen LogP contribution < -0.4 is 10.1 Å². The lowest BCUT2D eigenvalue weighted by atomic mass is 10.3. The Kier molecular flexibility index (Phi) is 7.38. The Hall–Kier alpha value is -3.33. The van der Waals surface area contributed by atoms with Gasteiger partial charge in [0.15, 0.2) is 6.61 Å². The second kappa shape index (κ2) is 9.97. The maximum Gasteiger partial charge on any atom is 0.433 e. The Balaban J connectivity index is 1.62. The molecule has 0 saturated heterocycles. The highest BCUT2D eigenvalue weighted by Gasteiger charge is 2.10. The first-order valence-electron chi connectivity index (χ1n) is 7.68. The number of hydrogen-bond donors (Lipinski definition) is 1. The number of carbonyl (C=O) groups is 2. The van der Waals surface area contributed by atoms with Gasteiger partial charge in [-0.25, -0.2) is 4.79 Å². The highest BCUT2D eigenvalue weighted by atomic mass is 35.5. The van der Waals surface area contributed by atoms with Gasteiger partial charge >= 0.3 is 11.9 Å². The van der Waals surface area contributed by atoms with Gasteiger partial charge in [-0.1, -0.05) is 11.6 Å². The van der Waals surface area contributed by atoms with E-state index in [0.717, 1.165) is 12.1 Å².